The van der Waals surface area contributed by atoms with E-state index >= 15 is 0 Å². The molecule has 0 aliphatic heterocycles. The third kappa shape index (κ3) is 2.02. The predicted octanol–water partition coefficient (Wildman–Crippen LogP) is 2.13. The van der Waals surface area contributed by atoms with Gasteiger partial charge in [0.05, 0.1) is 11.6 Å². The van der Waals surface area contributed by atoms with Gasteiger partial charge in [-0.15, -0.1) is 11.6 Å². The topological polar surface area (TPSA) is 63.1 Å². The van der Waals surface area contributed by atoms with Crippen LogP contribution >= 0.6 is 11.6 Å². The molecule has 0 aliphatic rings. The maximum Gasteiger partial charge on any atom is 0.274 e. The van der Waals surface area contributed by atoms with Crippen molar-refractivity contribution < 1.29 is 0 Å². The highest BCUT2D eigenvalue weighted by molar-refractivity contribution is 6.16. The van der Waals surface area contributed by atoms with Gasteiger partial charge >= 0.3 is 0 Å². The second-order valence-corrected chi connectivity index (χ2v) is 4.51. The van der Waals surface area contributed by atoms with Crippen molar-refractivity contribution in [2.45, 2.75) is 12.8 Å². The van der Waals surface area contributed by atoms with Crippen LogP contribution in [0.15, 0.2) is 35.1 Å². The number of aromatic amines is 1. The molecule has 0 spiro atoms. The summed E-state index contributed by atoms with van der Waals surface area (Å²) < 4.78 is 1.32. The molecular weight excluding hydrogens is 264 g/mol. The second-order valence-electron chi connectivity index (χ2n) is 4.24. The number of hydrogen-bond donors (Lipinski definition) is 1. The number of halogens is 1. The SMILES string of the molecule is Cc1ccccc1-c1nc2nc(CCl)cc(=O)n2[nH]1. The smallest absolute Gasteiger partial charge is 0.271 e. The molecule has 3 rings (SSSR count). The van der Waals surface area contributed by atoms with Crippen LogP contribution in [0.5, 0.6) is 0 Å². The fraction of sp³-hybridized carbons (Fsp3) is 0.154. The van der Waals surface area contributed by atoms with Crippen molar-refractivity contribution in [3.05, 3.63) is 51.9 Å². The van der Waals surface area contributed by atoms with E-state index in [2.05, 4.69) is 15.1 Å². The Labute approximate surface area is 113 Å². The minimum Gasteiger partial charge on any atom is -0.271 e. The van der Waals surface area contributed by atoms with Gasteiger partial charge in [-0.2, -0.15) is 9.50 Å². The van der Waals surface area contributed by atoms with Crippen molar-refractivity contribution in [3.63, 3.8) is 0 Å². The first-order chi connectivity index (χ1) is 9.19. The van der Waals surface area contributed by atoms with E-state index in [9.17, 15) is 4.79 Å². The number of aryl methyl sites for hydroxylation is 1. The highest BCUT2D eigenvalue weighted by Gasteiger charge is 2.10. The van der Waals surface area contributed by atoms with Crippen LogP contribution in [-0.2, 0) is 5.88 Å². The molecule has 5 nitrogen and oxygen atoms in total. The Kier molecular flexibility index (Phi) is 2.83. The summed E-state index contributed by atoms with van der Waals surface area (Å²) in [5, 5.41) is 2.96. The number of benzene rings is 1. The summed E-state index contributed by atoms with van der Waals surface area (Å²) in [6, 6.07) is 9.22. The number of fused-ring (bicyclic) bond motifs is 1. The van der Waals surface area contributed by atoms with Gasteiger partial charge in [0.2, 0.25) is 0 Å². The minimum absolute atomic E-state index is 0.193. The normalized spacial score (nSPS) is 11.1. The standard InChI is InChI=1S/C13H11ClN4O/c1-8-4-2-3-5-10(8)12-16-13-15-9(7-14)6-11(19)18(13)17-12/h2-6H,7H2,1H3,(H,15,16,17). The molecule has 96 valence electrons. The fourth-order valence-electron chi connectivity index (χ4n) is 1.95. The third-order valence-corrected chi connectivity index (χ3v) is 3.19. The Morgan fingerprint density at radius 1 is 1.32 bits per heavy atom. The van der Waals surface area contributed by atoms with Crippen LogP contribution in [0.4, 0.5) is 0 Å². The molecule has 6 heteroatoms. The van der Waals surface area contributed by atoms with Crippen molar-refractivity contribution in [2.24, 2.45) is 0 Å². The van der Waals surface area contributed by atoms with E-state index in [1.807, 2.05) is 31.2 Å². The van der Waals surface area contributed by atoms with Gasteiger partial charge in [0.15, 0.2) is 5.82 Å². The van der Waals surface area contributed by atoms with E-state index < -0.39 is 0 Å². The van der Waals surface area contributed by atoms with E-state index in [0.717, 1.165) is 11.1 Å². The van der Waals surface area contributed by atoms with Crippen molar-refractivity contribution in [1.29, 1.82) is 0 Å². The molecule has 2 aromatic heterocycles. The highest BCUT2D eigenvalue weighted by Crippen LogP contribution is 2.19. The lowest BCUT2D eigenvalue weighted by molar-refractivity contribution is 0.889. The zero-order valence-electron chi connectivity index (χ0n) is 10.2. The summed E-state index contributed by atoms with van der Waals surface area (Å²) in [5.41, 5.74) is 2.33. The van der Waals surface area contributed by atoms with Crippen molar-refractivity contribution in [3.8, 4) is 11.4 Å². The second kappa shape index (κ2) is 4.51. The number of rotatable bonds is 2. The van der Waals surface area contributed by atoms with Crippen LogP contribution in [0.25, 0.3) is 17.2 Å². The van der Waals surface area contributed by atoms with Gasteiger partial charge < -0.3 is 0 Å². The molecule has 1 aromatic carbocycles. The summed E-state index contributed by atoms with van der Waals surface area (Å²) in [6.45, 7) is 1.99. The van der Waals surface area contributed by atoms with Gasteiger partial charge in [0.25, 0.3) is 11.3 Å². The van der Waals surface area contributed by atoms with Gasteiger partial charge in [0, 0.05) is 11.6 Å². The summed E-state index contributed by atoms with van der Waals surface area (Å²) in [6.07, 6.45) is 0. The summed E-state index contributed by atoms with van der Waals surface area (Å²) in [5.74, 6) is 1.15. The molecule has 1 N–H and O–H groups in total. The minimum atomic E-state index is -0.215. The van der Waals surface area contributed by atoms with Gasteiger partial charge in [-0.05, 0) is 12.5 Å². The zero-order chi connectivity index (χ0) is 13.4. The molecule has 0 radical (unpaired) electrons. The van der Waals surface area contributed by atoms with Crippen LogP contribution in [0.3, 0.4) is 0 Å². The Bertz CT molecular complexity index is 806. The highest BCUT2D eigenvalue weighted by atomic mass is 35.5. The molecule has 0 saturated carbocycles. The monoisotopic (exact) mass is 274 g/mol. The molecule has 0 unspecified atom stereocenters. The summed E-state index contributed by atoms with van der Waals surface area (Å²) >= 11 is 5.70. The molecular formula is C13H11ClN4O. The van der Waals surface area contributed by atoms with Crippen LogP contribution in [0.2, 0.25) is 0 Å². The number of H-pyrrole nitrogens is 1. The Morgan fingerprint density at radius 2 is 2.11 bits per heavy atom. The average Bonchev–Trinajstić information content (AvgIpc) is 2.83. The lowest BCUT2D eigenvalue weighted by Gasteiger charge is -1.99. The van der Waals surface area contributed by atoms with Crippen LogP contribution in [-0.4, -0.2) is 19.6 Å². The van der Waals surface area contributed by atoms with E-state index in [0.29, 0.717) is 17.3 Å². The maximum absolute atomic E-state index is 11.9. The van der Waals surface area contributed by atoms with E-state index in [1.54, 1.807) is 0 Å². The molecule has 3 aromatic rings. The summed E-state index contributed by atoms with van der Waals surface area (Å²) in [7, 11) is 0. The fourth-order valence-corrected chi connectivity index (χ4v) is 2.09. The van der Waals surface area contributed by atoms with E-state index in [1.165, 1.54) is 10.6 Å². The number of alkyl halides is 1. The first kappa shape index (κ1) is 11.9. The number of nitrogens with one attached hydrogen (secondary N) is 1. The van der Waals surface area contributed by atoms with Crippen molar-refractivity contribution >= 4 is 17.4 Å². The van der Waals surface area contributed by atoms with Crippen molar-refractivity contribution in [2.75, 3.05) is 0 Å². The molecule has 0 atom stereocenters. The summed E-state index contributed by atoms with van der Waals surface area (Å²) in [4.78, 5) is 20.5. The Balaban J connectivity index is 2.25. The van der Waals surface area contributed by atoms with Gasteiger partial charge in [-0.1, -0.05) is 24.3 Å². The quantitative estimate of drug-likeness (QED) is 0.728. The van der Waals surface area contributed by atoms with Crippen LogP contribution in [0, 0.1) is 6.92 Å². The number of hydrogen-bond acceptors (Lipinski definition) is 3. The Hall–Kier alpha value is -2.14. The van der Waals surface area contributed by atoms with E-state index in [-0.39, 0.29) is 11.4 Å². The molecule has 19 heavy (non-hydrogen) atoms. The zero-order valence-corrected chi connectivity index (χ0v) is 11.0. The lowest BCUT2D eigenvalue weighted by atomic mass is 10.1. The molecule has 2 heterocycles. The van der Waals surface area contributed by atoms with Gasteiger partial charge in [-0.25, -0.2) is 4.98 Å². The average molecular weight is 275 g/mol. The van der Waals surface area contributed by atoms with Crippen molar-refractivity contribution in [1.82, 2.24) is 19.6 Å². The van der Waals surface area contributed by atoms with Gasteiger partial charge in [-0.3, -0.25) is 9.89 Å². The first-order valence-corrected chi connectivity index (χ1v) is 6.33. The van der Waals surface area contributed by atoms with E-state index in [4.69, 9.17) is 11.6 Å². The van der Waals surface area contributed by atoms with Crippen LogP contribution < -0.4 is 5.56 Å². The predicted molar refractivity (Wildman–Crippen MR) is 73.3 cm³/mol. The molecule has 0 fully saturated rings. The Morgan fingerprint density at radius 3 is 2.84 bits per heavy atom. The molecule has 0 bridgehead atoms. The van der Waals surface area contributed by atoms with Gasteiger partial charge in [0.1, 0.15) is 0 Å². The number of nitrogens with zero attached hydrogens (tertiary/aromatic N) is 3. The number of aromatic nitrogens is 4. The molecule has 0 saturated heterocycles. The molecule has 0 aliphatic carbocycles. The molecule has 0 amide bonds. The lowest BCUT2D eigenvalue weighted by Crippen LogP contribution is -2.15. The maximum atomic E-state index is 11.9. The first-order valence-electron chi connectivity index (χ1n) is 5.79. The largest absolute Gasteiger partial charge is 0.274 e. The van der Waals surface area contributed by atoms with Crippen LogP contribution in [0.1, 0.15) is 11.3 Å². The third-order valence-electron chi connectivity index (χ3n) is 2.92.